The van der Waals surface area contributed by atoms with Gasteiger partial charge >= 0.3 is 6.03 Å². The van der Waals surface area contributed by atoms with E-state index in [1.165, 1.54) is 12.5 Å². The maximum atomic E-state index is 15.2. The number of piperidine rings is 1. The number of hydrogen-bond donors (Lipinski definition) is 3. The lowest BCUT2D eigenvalue weighted by Gasteiger charge is -2.33. The number of benzene rings is 2. The first-order chi connectivity index (χ1) is 27.9. The van der Waals surface area contributed by atoms with E-state index in [9.17, 15) is 4.79 Å². The predicted octanol–water partition coefficient (Wildman–Crippen LogP) is 6.96. The second kappa shape index (κ2) is 17.5. The standard InChI is InChI=1S/C42H53FN10O2.CH2O2/c1-28-10-8-9-17-51(28)41-47-46-38-16-13-32(27-52(38)41)55-36-15-14-35(33-11-6-7-12-34(33)36)44-40(54)45-39-25-37(42(2,3)4)48-53(39)31-23-29(22-30(43)24-31)26-50-20-18-49(5)19-21-50;2-1-3/h6-7,11-13,16,22-25,27-28,35-36H,8-10,14-15,17-21,26H2,1-5H3,(H2,44,45,54);1H,(H,2,3)/t28-,35-,36+;/m0./s1. The van der Waals surface area contributed by atoms with Gasteiger partial charge in [0.2, 0.25) is 5.95 Å². The van der Waals surface area contributed by atoms with Gasteiger partial charge in [0.05, 0.1) is 23.6 Å². The Morgan fingerprint density at radius 3 is 2.47 bits per heavy atom. The fourth-order valence-electron chi connectivity index (χ4n) is 8.16. The fourth-order valence-corrected chi connectivity index (χ4v) is 8.16. The molecule has 14 nitrogen and oxygen atoms in total. The Bertz CT molecular complexity index is 2210. The van der Waals surface area contributed by atoms with Crippen LogP contribution in [0.2, 0.25) is 0 Å². The van der Waals surface area contributed by atoms with Gasteiger partial charge in [0.15, 0.2) is 5.65 Å². The largest absolute Gasteiger partial charge is 0.484 e. The van der Waals surface area contributed by atoms with Crippen molar-refractivity contribution in [1.29, 1.82) is 0 Å². The number of nitrogens with zero attached hydrogens (tertiary/aromatic N) is 8. The Balaban J connectivity index is 0.00000166. The van der Waals surface area contributed by atoms with Gasteiger partial charge in [0.1, 0.15) is 23.5 Å². The molecule has 0 saturated carbocycles. The van der Waals surface area contributed by atoms with Gasteiger partial charge in [-0.2, -0.15) is 5.10 Å². The highest BCUT2D eigenvalue weighted by molar-refractivity contribution is 5.89. The number of halogens is 1. The molecule has 2 aromatic carbocycles. The van der Waals surface area contributed by atoms with Crippen molar-refractivity contribution in [3.05, 3.63) is 95.1 Å². The molecule has 3 atom stereocenters. The van der Waals surface area contributed by atoms with E-state index in [2.05, 4.69) is 82.4 Å². The lowest BCUT2D eigenvalue weighted by molar-refractivity contribution is -0.122. The minimum absolute atomic E-state index is 0.188. The summed E-state index contributed by atoms with van der Waals surface area (Å²) >= 11 is 0. The molecule has 0 unspecified atom stereocenters. The minimum atomic E-state index is -0.354. The first-order valence-corrected chi connectivity index (χ1v) is 20.2. The number of carbonyl (C=O) groups is 2. The molecule has 2 saturated heterocycles. The number of carbonyl (C=O) groups excluding carboxylic acids is 1. The second-order valence-corrected chi connectivity index (χ2v) is 16.7. The van der Waals surface area contributed by atoms with Crippen molar-refractivity contribution in [3.8, 4) is 11.4 Å². The molecule has 2 fully saturated rings. The van der Waals surface area contributed by atoms with Gasteiger partial charge in [-0.25, -0.2) is 13.9 Å². The summed E-state index contributed by atoms with van der Waals surface area (Å²) in [6.45, 7) is 13.7. The van der Waals surface area contributed by atoms with Gasteiger partial charge in [-0.1, -0.05) is 45.0 Å². The van der Waals surface area contributed by atoms with E-state index in [1.54, 1.807) is 10.7 Å². The topological polar surface area (TPSA) is 145 Å². The normalized spacial score (nSPS) is 20.2. The van der Waals surface area contributed by atoms with Crippen molar-refractivity contribution < 1.29 is 23.8 Å². The third kappa shape index (κ3) is 9.26. The van der Waals surface area contributed by atoms with Crippen molar-refractivity contribution in [2.24, 2.45) is 0 Å². The zero-order chi connectivity index (χ0) is 41.0. The van der Waals surface area contributed by atoms with Gasteiger partial charge in [0.25, 0.3) is 6.47 Å². The molecule has 3 N–H and O–H groups in total. The summed E-state index contributed by atoms with van der Waals surface area (Å²) in [7, 11) is 2.12. The monoisotopic (exact) mass is 794 g/mol. The van der Waals surface area contributed by atoms with Gasteiger partial charge in [-0.3, -0.25) is 19.4 Å². The number of likely N-dealkylation sites (N-methyl/N-ethyl adjacent to an activating group) is 1. The van der Waals surface area contributed by atoms with Crippen molar-refractivity contribution >= 4 is 29.9 Å². The Morgan fingerprint density at radius 2 is 1.72 bits per heavy atom. The van der Waals surface area contributed by atoms with Crippen LogP contribution in [0.15, 0.2) is 66.9 Å². The Morgan fingerprint density at radius 1 is 0.966 bits per heavy atom. The number of carboxylic acid groups (broad SMARTS) is 1. The molecule has 5 heterocycles. The number of ether oxygens (including phenoxy) is 1. The zero-order valence-corrected chi connectivity index (χ0v) is 34.1. The van der Waals surface area contributed by atoms with Crippen LogP contribution in [0.25, 0.3) is 11.3 Å². The van der Waals surface area contributed by atoms with Crippen molar-refractivity contribution in [1.82, 2.24) is 39.5 Å². The number of fused-ring (bicyclic) bond motifs is 2. The first-order valence-electron chi connectivity index (χ1n) is 20.2. The SMILES string of the molecule is C[C@H]1CCCCN1c1nnc2ccc(O[C@@H]3CC[C@H](NC(=O)Nc4cc(C(C)(C)C)nn4-c4cc(F)cc(CN5CCN(C)CC5)c4)c4ccccc43)cn12.O=CO. The van der Waals surface area contributed by atoms with Gasteiger partial charge in [-0.15, -0.1) is 10.2 Å². The molecule has 0 radical (unpaired) electrons. The number of hydrogen-bond acceptors (Lipinski definition) is 9. The number of rotatable bonds is 8. The van der Waals surface area contributed by atoms with E-state index >= 15 is 4.39 Å². The summed E-state index contributed by atoms with van der Waals surface area (Å²) in [4.78, 5) is 29.2. The molecule has 3 aromatic heterocycles. The smallest absolute Gasteiger partial charge is 0.320 e. The van der Waals surface area contributed by atoms with Crippen LogP contribution < -0.4 is 20.3 Å². The molecule has 8 rings (SSSR count). The van der Waals surface area contributed by atoms with Crippen LogP contribution in [0.1, 0.15) is 94.3 Å². The Hall–Kier alpha value is -5.54. The van der Waals surface area contributed by atoms with E-state index in [1.807, 2.05) is 47.0 Å². The average molecular weight is 795 g/mol. The fraction of sp³-hybridized carbons (Fsp3) is 0.465. The highest BCUT2D eigenvalue weighted by Gasteiger charge is 2.31. The molecule has 15 heteroatoms. The summed E-state index contributed by atoms with van der Waals surface area (Å²) in [6, 6.07) is 18.8. The van der Waals surface area contributed by atoms with Crippen molar-refractivity contribution in [2.45, 2.75) is 89.9 Å². The third-order valence-corrected chi connectivity index (χ3v) is 11.3. The molecule has 5 aromatic rings. The van der Waals surface area contributed by atoms with Crippen LogP contribution in [-0.4, -0.2) is 97.6 Å². The number of aromatic nitrogens is 5. The predicted molar refractivity (Wildman–Crippen MR) is 221 cm³/mol. The molecule has 2 aliphatic heterocycles. The van der Waals surface area contributed by atoms with Crippen LogP contribution in [0.5, 0.6) is 5.75 Å². The van der Waals surface area contributed by atoms with E-state index in [0.717, 1.165) is 85.3 Å². The van der Waals surface area contributed by atoms with Crippen LogP contribution in [0, 0.1) is 5.82 Å². The Labute approximate surface area is 339 Å². The lowest BCUT2D eigenvalue weighted by atomic mass is 9.85. The lowest BCUT2D eigenvalue weighted by Crippen LogP contribution is -2.43. The molecule has 0 spiro atoms. The summed E-state index contributed by atoms with van der Waals surface area (Å²) in [5.74, 6) is 1.74. The summed E-state index contributed by atoms with van der Waals surface area (Å²) in [6.07, 6.45) is 6.73. The van der Waals surface area contributed by atoms with Gasteiger partial charge < -0.3 is 25.0 Å². The van der Waals surface area contributed by atoms with Gasteiger partial charge in [0, 0.05) is 56.8 Å². The van der Waals surface area contributed by atoms with E-state index < -0.39 is 0 Å². The molecular formula is C43H55FN10O4. The molecule has 3 aliphatic rings. The number of amides is 2. The highest BCUT2D eigenvalue weighted by Crippen LogP contribution is 2.39. The minimum Gasteiger partial charge on any atom is -0.484 e. The Kier molecular flexibility index (Phi) is 12.3. The van der Waals surface area contributed by atoms with Crippen molar-refractivity contribution in [2.75, 3.05) is 50.0 Å². The van der Waals surface area contributed by atoms with E-state index in [4.69, 9.17) is 19.7 Å². The summed E-state index contributed by atoms with van der Waals surface area (Å²) < 4.78 is 25.5. The van der Waals surface area contributed by atoms with Crippen LogP contribution in [-0.2, 0) is 16.8 Å². The third-order valence-electron chi connectivity index (χ3n) is 11.3. The molecule has 58 heavy (non-hydrogen) atoms. The quantitative estimate of drug-likeness (QED) is 0.141. The number of urea groups is 1. The molecule has 308 valence electrons. The van der Waals surface area contributed by atoms with E-state index in [-0.39, 0.29) is 35.9 Å². The van der Waals surface area contributed by atoms with Crippen LogP contribution in [0.3, 0.4) is 0 Å². The average Bonchev–Trinajstić information content (AvgIpc) is 3.82. The molecular weight excluding hydrogens is 740 g/mol. The molecule has 0 bridgehead atoms. The number of pyridine rings is 1. The number of nitrogens with one attached hydrogen (secondary N) is 2. The number of anilines is 2. The van der Waals surface area contributed by atoms with Crippen molar-refractivity contribution in [3.63, 3.8) is 0 Å². The van der Waals surface area contributed by atoms with Crippen LogP contribution >= 0.6 is 0 Å². The number of piperazine rings is 1. The van der Waals surface area contributed by atoms with E-state index in [0.29, 0.717) is 36.9 Å². The zero-order valence-electron chi connectivity index (χ0n) is 34.1. The maximum Gasteiger partial charge on any atom is 0.320 e. The molecule has 1 aliphatic carbocycles. The summed E-state index contributed by atoms with van der Waals surface area (Å²) in [5.41, 5.74) is 4.79. The maximum absolute atomic E-state index is 15.2. The van der Waals surface area contributed by atoms with Gasteiger partial charge in [-0.05, 0) is 93.1 Å². The first kappa shape index (κ1) is 40.6. The van der Waals surface area contributed by atoms with Crippen LogP contribution in [0.4, 0.5) is 21.0 Å². The highest BCUT2D eigenvalue weighted by atomic mass is 19.1. The summed E-state index contributed by atoms with van der Waals surface area (Å²) in [5, 5.41) is 27.0. The molecule has 2 amide bonds. The second-order valence-electron chi connectivity index (χ2n) is 16.7.